The molecule has 4 rings (SSSR count). The molecule has 3 fully saturated rings. The van der Waals surface area contributed by atoms with E-state index in [9.17, 15) is 0 Å². The van der Waals surface area contributed by atoms with Crippen LogP contribution in [0.3, 0.4) is 0 Å². The molecular formula is C16H22ClCuN5S. The van der Waals surface area contributed by atoms with Gasteiger partial charge >= 0.3 is 17.1 Å². The van der Waals surface area contributed by atoms with Gasteiger partial charge in [0.15, 0.2) is 0 Å². The Morgan fingerprint density at radius 2 is 1.71 bits per heavy atom. The standard InChI is InChI=1S/C16H23N5S.ClH.Cu/c1-11-7-15(18-10-17-11)12(2)19-20-16(22)21-8-13-3-4-14(9-21)6-5-13;;/h7,10,13-14H,3-6,8-9H2,1-2H3,(H,20,22);1H;/q;;+2/p-2/b19-12+;;. The second kappa shape index (κ2) is 9.66. The fourth-order valence-corrected chi connectivity index (χ4v) is 3.53. The molecule has 24 heavy (non-hydrogen) atoms. The van der Waals surface area contributed by atoms with E-state index in [2.05, 4.69) is 25.1 Å². The van der Waals surface area contributed by atoms with Crippen molar-refractivity contribution < 1.29 is 29.5 Å². The van der Waals surface area contributed by atoms with Gasteiger partial charge in [0.1, 0.15) is 6.33 Å². The van der Waals surface area contributed by atoms with Crippen LogP contribution in [0.4, 0.5) is 0 Å². The molecule has 135 valence electrons. The van der Waals surface area contributed by atoms with E-state index in [0.29, 0.717) is 5.17 Å². The first-order valence-electron chi connectivity index (χ1n) is 7.95. The Hall–Kier alpha value is -0.751. The molecule has 1 aliphatic carbocycles. The van der Waals surface area contributed by atoms with Crippen LogP contribution in [-0.2, 0) is 29.7 Å². The topological polar surface area (TPSA) is 53.7 Å². The third kappa shape index (κ3) is 5.38. The number of nitrogens with zero attached hydrogens (tertiary/aromatic N) is 5. The zero-order valence-electron chi connectivity index (χ0n) is 13.9. The fraction of sp³-hybridized carbons (Fsp3) is 0.625. The molecule has 3 heterocycles. The molecule has 0 atom stereocenters. The van der Waals surface area contributed by atoms with Crippen molar-refractivity contribution in [2.24, 2.45) is 22.0 Å². The number of fused-ring (bicyclic) bond motifs is 4. The number of halogens is 1. The van der Waals surface area contributed by atoms with Crippen LogP contribution < -0.4 is 12.4 Å². The van der Waals surface area contributed by atoms with Crippen LogP contribution in [0.1, 0.15) is 44.0 Å². The zero-order chi connectivity index (χ0) is 15.5. The Morgan fingerprint density at radius 3 is 2.25 bits per heavy atom. The Labute approximate surface area is 166 Å². The van der Waals surface area contributed by atoms with Crippen LogP contribution >= 0.6 is 0 Å². The summed E-state index contributed by atoms with van der Waals surface area (Å²) in [5.41, 5.74) is 2.49. The minimum absolute atomic E-state index is 0. The Bertz CT molecular complexity index is 588. The molecule has 3 aliphatic rings. The average Bonchev–Trinajstić information content (AvgIpc) is 2.86. The molecule has 1 radical (unpaired) electrons. The summed E-state index contributed by atoms with van der Waals surface area (Å²) in [6.45, 7) is 5.92. The SMILES string of the molecule is C/C(=N\N=C(/[S-])N1CC2CCC(CC2)C1)c1cc(C)ncn1.[Cl-].[Cu+2]. The number of aryl methyl sites for hydroxylation is 1. The van der Waals surface area contributed by atoms with Gasteiger partial charge in [-0.15, -0.1) is 0 Å². The predicted molar refractivity (Wildman–Crippen MR) is 90.8 cm³/mol. The average molecular weight is 415 g/mol. The van der Waals surface area contributed by atoms with Crippen LogP contribution in [0.2, 0.25) is 0 Å². The summed E-state index contributed by atoms with van der Waals surface area (Å²) in [5, 5.41) is 9.17. The van der Waals surface area contributed by atoms with E-state index in [1.807, 2.05) is 19.9 Å². The van der Waals surface area contributed by atoms with Crippen molar-refractivity contribution in [1.82, 2.24) is 14.9 Å². The molecule has 0 unspecified atom stereocenters. The number of aromatic nitrogens is 2. The molecule has 1 saturated carbocycles. The molecule has 0 amide bonds. The van der Waals surface area contributed by atoms with Gasteiger partial charge in [0.25, 0.3) is 0 Å². The second-order valence-electron chi connectivity index (χ2n) is 6.40. The molecule has 0 N–H and O–H groups in total. The van der Waals surface area contributed by atoms with Crippen LogP contribution in [0, 0.1) is 18.8 Å². The molecule has 0 spiro atoms. The molecule has 2 bridgehead atoms. The molecule has 0 aromatic carbocycles. The first-order chi connectivity index (χ1) is 10.6. The van der Waals surface area contributed by atoms with Crippen molar-refractivity contribution >= 4 is 23.5 Å². The van der Waals surface area contributed by atoms with Crippen LogP contribution in [0.15, 0.2) is 22.6 Å². The van der Waals surface area contributed by atoms with E-state index in [1.54, 1.807) is 6.33 Å². The van der Waals surface area contributed by atoms with Gasteiger partial charge in [-0.3, -0.25) is 0 Å². The molecule has 2 saturated heterocycles. The normalized spacial score (nSPS) is 24.0. The Kier molecular flexibility index (Phi) is 8.57. The maximum absolute atomic E-state index is 5.48. The summed E-state index contributed by atoms with van der Waals surface area (Å²) in [5.74, 6) is 1.56. The molecule has 8 heteroatoms. The smallest absolute Gasteiger partial charge is 1.00 e. The van der Waals surface area contributed by atoms with Gasteiger partial charge in [0.05, 0.1) is 11.4 Å². The summed E-state index contributed by atoms with van der Waals surface area (Å²) in [6, 6.07) is 1.91. The Balaban J connectivity index is 0.00000144. The van der Waals surface area contributed by atoms with E-state index in [1.165, 1.54) is 25.7 Å². The number of rotatable bonds is 2. The van der Waals surface area contributed by atoms with Gasteiger partial charge in [0, 0.05) is 24.0 Å². The van der Waals surface area contributed by atoms with E-state index in [-0.39, 0.29) is 29.5 Å². The summed E-state index contributed by atoms with van der Waals surface area (Å²) in [7, 11) is 0. The van der Waals surface area contributed by atoms with Gasteiger partial charge in [0.2, 0.25) is 0 Å². The molecular weight excluding hydrogens is 393 g/mol. The van der Waals surface area contributed by atoms with Gasteiger partial charge < -0.3 is 29.9 Å². The van der Waals surface area contributed by atoms with Crippen molar-refractivity contribution in [3.8, 4) is 0 Å². The molecule has 2 aliphatic heterocycles. The fourth-order valence-electron chi connectivity index (χ4n) is 3.34. The maximum Gasteiger partial charge on any atom is 2.00 e. The van der Waals surface area contributed by atoms with E-state index in [4.69, 9.17) is 12.6 Å². The first-order valence-corrected chi connectivity index (χ1v) is 8.36. The number of hydrogen-bond acceptors (Lipinski definition) is 5. The summed E-state index contributed by atoms with van der Waals surface area (Å²) >= 11 is 5.48. The minimum Gasteiger partial charge on any atom is -1.00 e. The van der Waals surface area contributed by atoms with Gasteiger partial charge in [-0.05, 0) is 57.4 Å². The van der Waals surface area contributed by atoms with Crippen molar-refractivity contribution in [2.75, 3.05) is 13.1 Å². The second-order valence-corrected chi connectivity index (χ2v) is 6.77. The first kappa shape index (κ1) is 21.3. The summed E-state index contributed by atoms with van der Waals surface area (Å²) in [6.07, 6.45) is 6.91. The quantitative estimate of drug-likeness (QED) is 0.216. The number of hydrogen-bond donors (Lipinski definition) is 0. The van der Waals surface area contributed by atoms with Gasteiger partial charge in [-0.2, -0.15) is 10.2 Å². The third-order valence-corrected chi connectivity index (χ3v) is 4.99. The van der Waals surface area contributed by atoms with Crippen molar-refractivity contribution in [2.45, 2.75) is 39.5 Å². The summed E-state index contributed by atoms with van der Waals surface area (Å²) < 4.78 is 0. The maximum atomic E-state index is 5.48. The largest absolute Gasteiger partial charge is 2.00 e. The van der Waals surface area contributed by atoms with Crippen LogP contribution in [-0.4, -0.2) is 38.8 Å². The van der Waals surface area contributed by atoms with Crippen molar-refractivity contribution in [1.29, 1.82) is 0 Å². The molecule has 5 nitrogen and oxygen atoms in total. The van der Waals surface area contributed by atoms with Gasteiger partial charge in [-0.25, -0.2) is 9.97 Å². The van der Waals surface area contributed by atoms with Crippen LogP contribution in [0.5, 0.6) is 0 Å². The number of amidine groups is 1. The zero-order valence-corrected chi connectivity index (χ0v) is 16.4. The van der Waals surface area contributed by atoms with Crippen molar-refractivity contribution in [3.05, 3.63) is 23.8 Å². The van der Waals surface area contributed by atoms with Gasteiger partial charge in [-0.1, -0.05) is 0 Å². The van der Waals surface area contributed by atoms with E-state index < -0.39 is 0 Å². The van der Waals surface area contributed by atoms with Crippen LogP contribution in [0.25, 0.3) is 0 Å². The summed E-state index contributed by atoms with van der Waals surface area (Å²) in [4.78, 5) is 10.6. The van der Waals surface area contributed by atoms with Crippen molar-refractivity contribution in [3.63, 3.8) is 0 Å². The van der Waals surface area contributed by atoms with E-state index >= 15 is 0 Å². The minimum atomic E-state index is 0. The molecule has 1 aromatic heterocycles. The Morgan fingerprint density at radius 1 is 1.12 bits per heavy atom. The molecule has 1 aromatic rings. The predicted octanol–water partition coefficient (Wildman–Crippen LogP) is -0.465. The van der Waals surface area contributed by atoms with E-state index in [0.717, 1.165) is 42.0 Å². The third-order valence-electron chi connectivity index (χ3n) is 4.65. The monoisotopic (exact) mass is 414 g/mol.